The second-order valence-corrected chi connectivity index (χ2v) is 5.80. The molecule has 116 valence electrons. The molecule has 0 unspecified atom stereocenters. The molecule has 1 aromatic rings. The fourth-order valence-electron chi connectivity index (χ4n) is 2.56. The van der Waals surface area contributed by atoms with E-state index in [1.54, 1.807) is 12.1 Å². The van der Waals surface area contributed by atoms with Gasteiger partial charge in [0.25, 0.3) is 5.91 Å². The largest absolute Gasteiger partial charge is 0.336 e. The normalized spacial score (nSPS) is 16.5. The van der Waals surface area contributed by atoms with Gasteiger partial charge < -0.3 is 9.80 Å². The number of rotatable bonds is 5. The van der Waals surface area contributed by atoms with E-state index in [2.05, 4.69) is 23.9 Å². The molecule has 0 spiro atoms. The van der Waals surface area contributed by atoms with Crippen molar-refractivity contribution in [3.8, 4) is 0 Å². The minimum absolute atomic E-state index is 0.00272. The summed E-state index contributed by atoms with van der Waals surface area (Å²) < 4.78 is 12.9. The molecule has 1 aliphatic heterocycles. The maximum absolute atomic E-state index is 12.9. The van der Waals surface area contributed by atoms with Crippen molar-refractivity contribution in [1.29, 1.82) is 0 Å². The van der Waals surface area contributed by atoms with E-state index in [1.807, 2.05) is 4.90 Å². The van der Waals surface area contributed by atoms with Crippen molar-refractivity contribution in [2.24, 2.45) is 0 Å². The summed E-state index contributed by atoms with van der Waals surface area (Å²) in [4.78, 5) is 18.7. The number of hydrogen-bond donors (Lipinski definition) is 0. The van der Waals surface area contributed by atoms with Crippen LogP contribution in [0.4, 0.5) is 4.39 Å². The van der Waals surface area contributed by atoms with E-state index in [0.717, 1.165) is 45.7 Å². The molecule has 0 saturated carbocycles. The molecule has 1 aromatic carbocycles. The Kier molecular flexibility index (Phi) is 5.70. The van der Waals surface area contributed by atoms with Crippen LogP contribution in [0, 0.1) is 5.82 Å². The van der Waals surface area contributed by atoms with Crippen LogP contribution in [-0.2, 0) is 0 Å². The molecule has 4 nitrogen and oxygen atoms in total. The fraction of sp³-hybridized carbons (Fsp3) is 0.562. The van der Waals surface area contributed by atoms with E-state index in [9.17, 15) is 9.18 Å². The zero-order valence-electron chi connectivity index (χ0n) is 12.9. The Morgan fingerprint density at radius 1 is 1.14 bits per heavy atom. The standard InChI is InChI=1S/C16H24FN3O/c1-18(2)8-3-9-19-10-12-20(13-11-19)16(21)14-4-6-15(17)7-5-14/h4-7H,3,8-13H2,1-2H3. The van der Waals surface area contributed by atoms with Crippen LogP contribution in [-0.4, -0.2) is 74.0 Å². The number of halogens is 1. The lowest BCUT2D eigenvalue weighted by molar-refractivity contribution is 0.0633. The van der Waals surface area contributed by atoms with E-state index in [4.69, 9.17) is 0 Å². The van der Waals surface area contributed by atoms with Crippen molar-refractivity contribution in [3.05, 3.63) is 35.6 Å². The molecular weight excluding hydrogens is 269 g/mol. The highest BCUT2D eigenvalue weighted by molar-refractivity contribution is 5.94. The second kappa shape index (κ2) is 7.52. The van der Waals surface area contributed by atoms with Crippen LogP contribution in [0.25, 0.3) is 0 Å². The Morgan fingerprint density at radius 2 is 1.76 bits per heavy atom. The zero-order chi connectivity index (χ0) is 15.2. The summed E-state index contributed by atoms with van der Waals surface area (Å²) in [6.45, 7) is 5.50. The Bertz CT molecular complexity index is 453. The Balaban J connectivity index is 1.78. The lowest BCUT2D eigenvalue weighted by Gasteiger charge is -2.35. The van der Waals surface area contributed by atoms with E-state index in [1.165, 1.54) is 12.1 Å². The molecule has 0 bridgehead atoms. The number of amides is 1. The highest BCUT2D eigenvalue weighted by Gasteiger charge is 2.21. The topological polar surface area (TPSA) is 26.8 Å². The summed E-state index contributed by atoms with van der Waals surface area (Å²) in [5.74, 6) is -0.305. The number of nitrogens with zero attached hydrogens (tertiary/aromatic N) is 3. The van der Waals surface area contributed by atoms with E-state index in [0.29, 0.717) is 5.56 Å². The molecule has 2 rings (SSSR count). The first kappa shape index (κ1) is 15.9. The SMILES string of the molecule is CN(C)CCCN1CCN(C(=O)c2ccc(F)cc2)CC1. The average Bonchev–Trinajstić information content (AvgIpc) is 2.48. The van der Waals surface area contributed by atoms with Crippen LogP contribution in [0.15, 0.2) is 24.3 Å². The summed E-state index contributed by atoms with van der Waals surface area (Å²) in [5.41, 5.74) is 0.567. The van der Waals surface area contributed by atoms with Crippen molar-refractivity contribution >= 4 is 5.91 Å². The van der Waals surface area contributed by atoms with E-state index in [-0.39, 0.29) is 11.7 Å². The number of piperazine rings is 1. The minimum atomic E-state index is -0.308. The van der Waals surface area contributed by atoms with Gasteiger partial charge >= 0.3 is 0 Å². The zero-order valence-corrected chi connectivity index (χ0v) is 12.9. The first-order valence-corrected chi connectivity index (χ1v) is 7.48. The van der Waals surface area contributed by atoms with Gasteiger partial charge in [-0.1, -0.05) is 0 Å². The molecule has 1 aliphatic rings. The van der Waals surface area contributed by atoms with Gasteiger partial charge in [0.15, 0.2) is 0 Å². The number of hydrogen-bond acceptors (Lipinski definition) is 3. The van der Waals surface area contributed by atoms with Gasteiger partial charge in [-0.2, -0.15) is 0 Å². The third-order valence-electron chi connectivity index (χ3n) is 3.83. The first-order chi connectivity index (χ1) is 10.1. The van der Waals surface area contributed by atoms with E-state index >= 15 is 0 Å². The molecule has 0 atom stereocenters. The first-order valence-electron chi connectivity index (χ1n) is 7.48. The van der Waals surface area contributed by atoms with Crippen LogP contribution in [0.3, 0.4) is 0 Å². The quantitative estimate of drug-likeness (QED) is 0.824. The van der Waals surface area contributed by atoms with Crippen LogP contribution in [0.2, 0.25) is 0 Å². The summed E-state index contributed by atoms with van der Waals surface area (Å²) in [6, 6.07) is 5.79. The van der Waals surface area contributed by atoms with Crippen molar-refractivity contribution in [1.82, 2.24) is 14.7 Å². The average molecular weight is 293 g/mol. The molecule has 0 aliphatic carbocycles. The molecule has 1 heterocycles. The van der Waals surface area contributed by atoms with Gasteiger partial charge in [-0.15, -0.1) is 0 Å². The molecule has 0 N–H and O–H groups in total. The maximum atomic E-state index is 12.9. The summed E-state index contributed by atoms with van der Waals surface area (Å²) in [7, 11) is 4.17. The molecule has 0 radical (unpaired) electrons. The Hall–Kier alpha value is -1.46. The van der Waals surface area contributed by atoms with Gasteiger partial charge in [0.05, 0.1) is 0 Å². The lowest BCUT2D eigenvalue weighted by atomic mass is 10.1. The van der Waals surface area contributed by atoms with Crippen LogP contribution >= 0.6 is 0 Å². The molecule has 1 amide bonds. The van der Waals surface area contributed by atoms with Gasteiger partial charge in [-0.05, 0) is 57.9 Å². The van der Waals surface area contributed by atoms with Gasteiger partial charge in [0.1, 0.15) is 5.82 Å². The fourth-order valence-corrected chi connectivity index (χ4v) is 2.56. The Labute approximate surface area is 126 Å². The second-order valence-electron chi connectivity index (χ2n) is 5.80. The molecule has 1 saturated heterocycles. The van der Waals surface area contributed by atoms with Crippen molar-refractivity contribution in [3.63, 3.8) is 0 Å². The molecular formula is C16H24FN3O. The minimum Gasteiger partial charge on any atom is -0.336 e. The van der Waals surface area contributed by atoms with Crippen molar-refractivity contribution in [2.45, 2.75) is 6.42 Å². The smallest absolute Gasteiger partial charge is 0.253 e. The summed E-state index contributed by atoms with van der Waals surface area (Å²) >= 11 is 0. The summed E-state index contributed by atoms with van der Waals surface area (Å²) in [6.07, 6.45) is 1.15. The maximum Gasteiger partial charge on any atom is 0.253 e. The number of benzene rings is 1. The van der Waals surface area contributed by atoms with Gasteiger partial charge in [-0.3, -0.25) is 9.69 Å². The van der Waals surface area contributed by atoms with Crippen molar-refractivity contribution < 1.29 is 9.18 Å². The molecule has 0 aromatic heterocycles. The highest BCUT2D eigenvalue weighted by Crippen LogP contribution is 2.10. The summed E-state index contributed by atoms with van der Waals surface area (Å²) in [5, 5.41) is 0. The third kappa shape index (κ3) is 4.79. The molecule has 5 heteroatoms. The van der Waals surface area contributed by atoms with Crippen LogP contribution in [0.1, 0.15) is 16.8 Å². The predicted octanol–water partition coefficient (Wildman–Crippen LogP) is 1.54. The van der Waals surface area contributed by atoms with Gasteiger partial charge in [-0.25, -0.2) is 4.39 Å². The monoisotopic (exact) mass is 293 g/mol. The van der Waals surface area contributed by atoms with Gasteiger partial charge in [0, 0.05) is 31.7 Å². The van der Waals surface area contributed by atoms with Crippen LogP contribution < -0.4 is 0 Å². The molecule has 1 fully saturated rings. The lowest BCUT2D eigenvalue weighted by Crippen LogP contribution is -2.49. The number of carbonyl (C=O) groups is 1. The molecule has 21 heavy (non-hydrogen) atoms. The third-order valence-corrected chi connectivity index (χ3v) is 3.83. The number of carbonyl (C=O) groups excluding carboxylic acids is 1. The van der Waals surface area contributed by atoms with Crippen LogP contribution in [0.5, 0.6) is 0 Å². The van der Waals surface area contributed by atoms with E-state index < -0.39 is 0 Å². The highest BCUT2D eigenvalue weighted by atomic mass is 19.1. The van der Waals surface area contributed by atoms with Gasteiger partial charge in [0.2, 0.25) is 0 Å². The predicted molar refractivity (Wildman–Crippen MR) is 81.9 cm³/mol. The van der Waals surface area contributed by atoms with Crippen molar-refractivity contribution in [2.75, 3.05) is 53.4 Å². The Morgan fingerprint density at radius 3 is 2.33 bits per heavy atom.